The summed E-state index contributed by atoms with van der Waals surface area (Å²) in [6.45, 7) is 12.5. The molecule has 1 aromatic heterocycles. The van der Waals surface area contributed by atoms with E-state index in [1.165, 1.54) is 161 Å². The second kappa shape index (κ2) is 40.3. The standard InChI is InChI=1S/C48H91N3O4/c1-4-7-10-13-16-24-31-43-54-47(52)36-28-21-17-22-29-38-50(40-33-41-51-42-37-49-45-51)39-30-23-18-25-32-44-55-48(53)46(34-26-19-14-11-8-5-2)35-27-20-15-12-9-6-3/h37,42,45-46H,4-36,38-41,43-44H2,1-3H3/p+1. The molecule has 0 aromatic carbocycles. The molecule has 0 amide bonds. The first-order valence-electron chi connectivity index (χ1n) is 24.1. The molecule has 0 bridgehead atoms. The lowest BCUT2D eigenvalue weighted by Gasteiger charge is -2.22. The molecule has 1 heterocycles. The van der Waals surface area contributed by atoms with Crippen molar-refractivity contribution in [1.82, 2.24) is 14.5 Å². The van der Waals surface area contributed by atoms with Crippen LogP contribution in [-0.2, 0) is 20.8 Å². The Bertz CT molecular complexity index is 924. The van der Waals surface area contributed by atoms with Gasteiger partial charge in [-0.3, -0.25) is 4.79 Å². The predicted molar refractivity (Wildman–Crippen MR) is 235 cm³/mol. The number of imidazole rings is 1. The van der Waals surface area contributed by atoms with Crippen LogP contribution >= 0.6 is 0 Å². The summed E-state index contributed by atoms with van der Waals surface area (Å²) in [6.07, 6.45) is 45.6. The minimum atomic E-state index is -0.00898. The molecule has 7 nitrogen and oxygen atoms in total. The number of carbonyl (C=O) groups excluding carboxylic acids is 2. The maximum absolute atomic E-state index is 12.1. The van der Waals surface area contributed by atoms with Crippen molar-refractivity contribution in [3.8, 4) is 0 Å². The Morgan fingerprint density at radius 2 is 1.00 bits per heavy atom. The predicted octanol–water partition coefficient (Wildman–Crippen LogP) is 13.8. The van der Waals surface area contributed by atoms with Crippen molar-refractivity contribution in [3.05, 3.63) is 18.7 Å². The molecule has 0 saturated carbocycles. The summed E-state index contributed by atoms with van der Waals surface area (Å²) in [5.41, 5.74) is 0. The van der Waals surface area contributed by atoms with Crippen molar-refractivity contribution in [1.29, 1.82) is 0 Å². The van der Waals surface area contributed by atoms with Gasteiger partial charge in [-0.05, 0) is 71.0 Å². The molecule has 7 heteroatoms. The molecule has 55 heavy (non-hydrogen) atoms. The molecular formula is C48H92N3O4+. The molecule has 1 aromatic rings. The van der Waals surface area contributed by atoms with E-state index >= 15 is 0 Å². The van der Waals surface area contributed by atoms with Gasteiger partial charge in [0.2, 0.25) is 0 Å². The van der Waals surface area contributed by atoms with Crippen LogP contribution in [0.5, 0.6) is 0 Å². The maximum Gasteiger partial charge on any atom is 0.485 e. The molecule has 0 radical (unpaired) electrons. The van der Waals surface area contributed by atoms with Gasteiger partial charge in [0.1, 0.15) is 5.92 Å². The fourth-order valence-electron chi connectivity index (χ4n) is 7.68. The van der Waals surface area contributed by atoms with Gasteiger partial charge in [-0.25, -0.2) is 4.98 Å². The lowest BCUT2D eigenvalue weighted by Crippen LogP contribution is -2.28. The third-order valence-corrected chi connectivity index (χ3v) is 11.3. The average molecular weight is 775 g/mol. The van der Waals surface area contributed by atoms with Gasteiger partial charge in [-0.1, -0.05) is 168 Å². The van der Waals surface area contributed by atoms with Crippen molar-refractivity contribution in [2.24, 2.45) is 5.92 Å². The van der Waals surface area contributed by atoms with Gasteiger partial charge < -0.3 is 23.7 Å². The lowest BCUT2D eigenvalue weighted by atomic mass is 9.94. The third-order valence-electron chi connectivity index (χ3n) is 11.3. The van der Waals surface area contributed by atoms with Crippen molar-refractivity contribution in [2.75, 3.05) is 32.8 Å². The molecule has 1 rings (SSSR count). The van der Waals surface area contributed by atoms with Crippen LogP contribution < -0.4 is 0 Å². The highest BCUT2D eigenvalue weighted by molar-refractivity contribution is 5.73. The summed E-state index contributed by atoms with van der Waals surface area (Å²) >= 11 is 0. The second-order valence-electron chi connectivity index (χ2n) is 16.6. The highest BCUT2D eigenvalue weighted by atomic mass is 16.5. The van der Waals surface area contributed by atoms with Gasteiger partial charge in [0.15, 0.2) is 6.61 Å². The summed E-state index contributed by atoms with van der Waals surface area (Å²) < 4.78 is 13.6. The van der Waals surface area contributed by atoms with Gasteiger partial charge in [0.05, 0.1) is 12.9 Å². The Hall–Kier alpha value is -1.89. The minimum Gasteiger partial charge on any atom is -0.466 e. The van der Waals surface area contributed by atoms with E-state index in [0.29, 0.717) is 25.6 Å². The maximum atomic E-state index is 12.1. The first-order valence-corrected chi connectivity index (χ1v) is 24.1. The number of aromatic nitrogens is 2. The van der Waals surface area contributed by atoms with Gasteiger partial charge in [-0.2, -0.15) is 0 Å². The monoisotopic (exact) mass is 775 g/mol. The van der Waals surface area contributed by atoms with Gasteiger partial charge in [-0.15, -0.1) is 0 Å². The fraction of sp³-hybridized carbons (Fsp3) is 0.896. The molecular weight excluding hydrogens is 683 g/mol. The molecule has 0 atom stereocenters. The molecule has 0 fully saturated rings. The summed E-state index contributed by atoms with van der Waals surface area (Å²) in [5, 5.41) is 0. The zero-order valence-electron chi connectivity index (χ0n) is 36.9. The van der Waals surface area contributed by atoms with Crippen LogP contribution in [0.2, 0.25) is 0 Å². The van der Waals surface area contributed by atoms with E-state index in [1.54, 1.807) is 0 Å². The van der Waals surface area contributed by atoms with Crippen molar-refractivity contribution in [3.63, 3.8) is 0 Å². The number of rotatable bonds is 43. The number of hydrogen-bond donors (Lipinski definition) is 0. The van der Waals surface area contributed by atoms with Crippen LogP contribution in [0.3, 0.4) is 0 Å². The first-order chi connectivity index (χ1) is 27.1. The Morgan fingerprint density at radius 1 is 0.564 bits per heavy atom. The van der Waals surface area contributed by atoms with Crippen molar-refractivity contribution in [2.45, 2.75) is 239 Å². The summed E-state index contributed by atoms with van der Waals surface area (Å²) in [5.74, 6) is 0.528. The Balaban J connectivity index is 2.24. The smallest absolute Gasteiger partial charge is 0.466 e. The lowest BCUT2D eigenvalue weighted by molar-refractivity contribution is -0.143. The number of nitrogens with zero attached hydrogens (tertiary/aromatic N) is 3. The second-order valence-corrected chi connectivity index (χ2v) is 16.6. The SMILES string of the molecule is CCCCCCCCCOC(=O)CCCCCCCN(CCCCCCCOC(=[OH+])C(CCCCCCCC)CCCCCCCC)CCCn1ccnc1. The number of esters is 2. The topological polar surface area (TPSA) is 78.0 Å². The number of carbonyl (C=O) groups is 1. The van der Waals surface area contributed by atoms with Crippen molar-refractivity contribution < 1.29 is 19.1 Å². The summed E-state index contributed by atoms with van der Waals surface area (Å²) in [4.78, 5) is 29.9. The van der Waals surface area contributed by atoms with E-state index in [2.05, 4.69) is 41.4 Å². The van der Waals surface area contributed by atoms with E-state index in [1.807, 2.05) is 12.5 Å². The van der Waals surface area contributed by atoms with Crippen LogP contribution in [0.4, 0.5) is 0 Å². The normalized spacial score (nSPS) is 11.6. The first kappa shape index (κ1) is 51.1. The molecule has 0 aliphatic heterocycles. The molecule has 322 valence electrons. The fourth-order valence-corrected chi connectivity index (χ4v) is 7.68. The van der Waals surface area contributed by atoms with E-state index in [9.17, 15) is 9.59 Å². The quantitative estimate of drug-likeness (QED) is 0.0375. The number of hydrogen-bond acceptors (Lipinski definition) is 5. The summed E-state index contributed by atoms with van der Waals surface area (Å²) in [6, 6.07) is 0. The van der Waals surface area contributed by atoms with E-state index in [0.717, 1.165) is 71.1 Å². The van der Waals surface area contributed by atoms with Gasteiger partial charge in [0.25, 0.3) is 0 Å². The third kappa shape index (κ3) is 33.9. The minimum absolute atomic E-state index is 0.00898. The van der Waals surface area contributed by atoms with E-state index < -0.39 is 0 Å². The largest absolute Gasteiger partial charge is 0.485 e. The number of aryl methyl sites for hydroxylation is 1. The van der Waals surface area contributed by atoms with E-state index in [-0.39, 0.29) is 11.9 Å². The Kier molecular flexibility index (Phi) is 37.5. The van der Waals surface area contributed by atoms with Crippen LogP contribution in [0.1, 0.15) is 233 Å². The van der Waals surface area contributed by atoms with Crippen LogP contribution in [0.25, 0.3) is 0 Å². The number of unbranched alkanes of at least 4 members (excludes halogenated alkanes) is 24. The van der Waals surface area contributed by atoms with Crippen LogP contribution in [0, 0.1) is 5.92 Å². The van der Waals surface area contributed by atoms with Gasteiger partial charge >= 0.3 is 11.9 Å². The highest BCUT2D eigenvalue weighted by Gasteiger charge is 2.26. The highest BCUT2D eigenvalue weighted by Crippen LogP contribution is 2.21. The molecule has 1 N–H and O–H groups in total. The average Bonchev–Trinajstić information content (AvgIpc) is 3.71. The molecule has 0 spiro atoms. The van der Waals surface area contributed by atoms with Crippen LogP contribution in [0.15, 0.2) is 18.7 Å². The Morgan fingerprint density at radius 3 is 1.51 bits per heavy atom. The summed E-state index contributed by atoms with van der Waals surface area (Å²) in [7, 11) is 0. The molecule has 0 aliphatic carbocycles. The van der Waals surface area contributed by atoms with Gasteiger partial charge in [0, 0.05) is 31.8 Å². The Labute approximate surface area is 341 Å². The molecule has 0 aliphatic rings. The van der Waals surface area contributed by atoms with Crippen molar-refractivity contribution >= 4 is 11.9 Å². The number of ether oxygens (including phenoxy) is 2. The van der Waals surface area contributed by atoms with Crippen LogP contribution in [-0.4, -0.2) is 64.0 Å². The zero-order valence-corrected chi connectivity index (χ0v) is 36.9. The zero-order chi connectivity index (χ0) is 39.7. The van der Waals surface area contributed by atoms with E-state index in [4.69, 9.17) is 9.47 Å². The molecule has 0 saturated heterocycles. The molecule has 0 unspecified atom stereocenters.